The van der Waals surface area contributed by atoms with Crippen LogP contribution in [-0.4, -0.2) is 10.9 Å². The van der Waals surface area contributed by atoms with Crippen molar-refractivity contribution in [3.63, 3.8) is 0 Å². The largest absolute Gasteiger partial charge is 0.361 e. The summed E-state index contributed by atoms with van der Waals surface area (Å²) in [6.45, 7) is 1.93. The molecule has 3 nitrogen and oxygen atoms in total. The molecule has 0 fully saturated rings. The fourth-order valence-electron chi connectivity index (χ4n) is 2.77. The Bertz CT molecular complexity index is 873. The van der Waals surface area contributed by atoms with Gasteiger partial charge < -0.3 is 10.3 Å². The molecular weight excluding hydrogens is 343 g/mol. The molecule has 124 valence electrons. The van der Waals surface area contributed by atoms with Gasteiger partial charge in [0.25, 0.3) is 0 Å². The van der Waals surface area contributed by atoms with Crippen LogP contribution in [0.5, 0.6) is 0 Å². The topological polar surface area (TPSA) is 44.9 Å². The van der Waals surface area contributed by atoms with E-state index in [0.29, 0.717) is 22.9 Å². The highest BCUT2D eigenvalue weighted by Gasteiger charge is 2.12. The predicted octanol–water partition coefficient (Wildman–Crippen LogP) is 5.28. The molecule has 5 heteroatoms. The Morgan fingerprint density at radius 3 is 2.75 bits per heavy atom. The molecule has 0 unspecified atom stereocenters. The van der Waals surface area contributed by atoms with Gasteiger partial charge >= 0.3 is 0 Å². The third-order valence-electron chi connectivity index (χ3n) is 4.12. The summed E-state index contributed by atoms with van der Waals surface area (Å²) in [7, 11) is 0. The van der Waals surface area contributed by atoms with Crippen molar-refractivity contribution in [2.24, 2.45) is 0 Å². The number of amides is 1. The lowest BCUT2D eigenvalue weighted by Crippen LogP contribution is -2.26. The van der Waals surface area contributed by atoms with Crippen LogP contribution in [0, 0.1) is 0 Å². The first-order chi connectivity index (χ1) is 11.5. The summed E-state index contributed by atoms with van der Waals surface area (Å²) in [5.41, 5.74) is 3.19. The Labute approximate surface area is 151 Å². The molecule has 0 aliphatic heterocycles. The molecule has 0 bridgehead atoms. The van der Waals surface area contributed by atoms with Crippen molar-refractivity contribution in [1.82, 2.24) is 10.3 Å². The molecule has 1 amide bonds. The number of carbonyl (C=O) groups excluding carboxylic acids is 1. The zero-order valence-electron chi connectivity index (χ0n) is 13.3. The minimum atomic E-state index is -0.116. The van der Waals surface area contributed by atoms with Crippen LogP contribution in [0.15, 0.2) is 48.7 Å². The van der Waals surface area contributed by atoms with Gasteiger partial charge in [0.1, 0.15) is 0 Å². The highest BCUT2D eigenvalue weighted by molar-refractivity contribution is 6.42. The summed E-state index contributed by atoms with van der Waals surface area (Å²) < 4.78 is 0. The lowest BCUT2D eigenvalue weighted by molar-refractivity contribution is -0.121. The second-order valence-electron chi connectivity index (χ2n) is 5.82. The number of hydrogen-bond donors (Lipinski definition) is 2. The molecule has 1 atom stereocenters. The van der Waals surface area contributed by atoms with Crippen LogP contribution in [-0.2, 0) is 11.2 Å². The molecule has 1 aromatic heterocycles. The number of aromatic amines is 1. The first-order valence-corrected chi connectivity index (χ1v) is 8.59. The van der Waals surface area contributed by atoms with Gasteiger partial charge in [-0.05, 0) is 42.7 Å². The molecule has 0 spiro atoms. The van der Waals surface area contributed by atoms with E-state index in [1.54, 1.807) is 12.1 Å². The number of hydrogen-bond acceptors (Lipinski definition) is 1. The van der Waals surface area contributed by atoms with E-state index in [2.05, 4.69) is 16.4 Å². The Morgan fingerprint density at radius 2 is 1.96 bits per heavy atom. The molecule has 2 N–H and O–H groups in total. The minimum absolute atomic E-state index is 0.0128. The fourth-order valence-corrected chi connectivity index (χ4v) is 3.07. The zero-order chi connectivity index (χ0) is 17.1. The number of para-hydroxylation sites is 1. The molecule has 1 heterocycles. The fraction of sp³-hybridized carbons (Fsp3) is 0.211. The number of carbonyl (C=O) groups is 1. The van der Waals surface area contributed by atoms with Gasteiger partial charge in [0.2, 0.25) is 5.91 Å². The van der Waals surface area contributed by atoms with Crippen LogP contribution in [0.4, 0.5) is 0 Å². The molecule has 3 aromatic rings. The number of H-pyrrole nitrogens is 1. The normalized spacial score (nSPS) is 12.3. The van der Waals surface area contributed by atoms with E-state index >= 15 is 0 Å². The third-order valence-corrected chi connectivity index (χ3v) is 4.86. The van der Waals surface area contributed by atoms with Gasteiger partial charge in [0.15, 0.2) is 0 Å². The Kier molecular flexibility index (Phi) is 5.12. The number of nitrogens with one attached hydrogen (secondary N) is 2. The van der Waals surface area contributed by atoms with Gasteiger partial charge in [0, 0.05) is 23.5 Å². The van der Waals surface area contributed by atoms with Gasteiger partial charge in [-0.15, -0.1) is 0 Å². The Hall–Kier alpha value is -1.97. The molecule has 0 saturated heterocycles. The van der Waals surface area contributed by atoms with E-state index in [9.17, 15) is 4.79 Å². The second-order valence-corrected chi connectivity index (χ2v) is 6.64. The Morgan fingerprint density at radius 1 is 1.17 bits per heavy atom. The van der Waals surface area contributed by atoms with Crippen molar-refractivity contribution in [2.45, 2.75) is 25.8 Å². The highest BCUT2D eigenvalue weighted by atomic mass is 35.5. The standard InChI is InChI=1S/C19H18Cl2N2O/c1-12(13-6-8-16(20)17(21)10-13)23-19(24)9-7-14-11-22-18-5-3-2-4-15(14)18/h2-6,8,10-12,22H,7,9H2,1H3,(H,23,24)/t12-/m1/s1. The van der Waals surface area contributed by atoms with Crippen LogP contribution in [0.3, 0.4) is 0 Å². The third kappa shape index (κ3) is 3.74. The molecule has 0 saturated carbocycles. The monoisotopic (exact) mass is 360 g/mol. The van der Waals surface area contributed by atoms with Gasteiger partial charge in [-0.1, -0.05) is 47.5 Å². The number of rotatable bonds is 5. The number of fused-ring (bicyclic) bond motifs is 1. The first-order valence-electron chi connectivity index (χ1n) is 7.84. The SMILES string of the molecule is C[C@@H](NC(=O)CCc1c[nH]c2ccccc12)c1ccc(Cl)c(Cl)c1. The molecule has 24 heavy (non-hydrogen) atoms. The van der Waals surface area contributed by atoms with E-state index < -0.39 is 0 Å². The maximum Gasteiger partial charge on any atom is 0.220 e. The summed E-state index contributed by atoms with van der Waals surface area (Å²) in [6.07, 6.45) is 3.11. The molecule has 2 aromatic carbocycles. The summed E-state index contributed by atoms with van der Waals surface area (Å²) in [6, 6.07) is 13.4. The number of benzene rings is 2. The van der Waals surface area contributed by atoms with Crippen LogP contribution >= 0.6 is 23.2 Å². The first kappa shape index (κ1) is 16.9. The van der Waals surface area contributed by atoms with Crippen LogP contribution in [0.2, 0.25) is 10.0 Å². The van der Waals surface area contributed by atoms with Crippen molar-refractivity contribution in [2.75, 3.05) is 0 Å². The number of aryl methyl sites for hydroxylation is 1. The smallest absolute Gasteiger partial charge is 0.220 e. The van der Waals surface area contributed by atoms with Gasteiger partial charge in [-0.2, -0.15) is 0 Å². The van der Waals surface area contributed by atoms with E-state index in [0.717, 1.165) is 16.6 Å². The van der Waals surface area contributed by atoms with Gasteiger partial charge in [-0.3, -0.25) is 4.79 Å². The van der Waals surface area contributed by atoms with Crippen molar-refractivity contribution < 1.29 is 4.79 Å². The summed E-state index contributed by atoms with van der Waals surface area (Å²) >= 11 is 12.0. The Balaban J connectivity index is 1.60. The van der Waals surface area contributed by atoms with E-state index in [1.165, 1.54) is 5.39 Å². The summed E-state index contributed by atoms with van der Waals surface area (Å²) in [4.78, 5) is 15.5. The van der Waals surface area contributed by atoms with E-state index in [1.807, 2.05) is 37.4 Å². The average molecular weight is 361 g/mol. The van der Waals surface area contributed by atoms with Gasteiger partial charge in [0.05, 0.1) is 16.1 Å². The van der Waals surface area contributed by atoms with Crippen LogP contribution < -0.4 is 5.32 Å². The molecule has 0 radical (unpaired) electrons. The van der Waals surface area contributed by atoms with Crippen LogP contribution in [0.1, 0.15) is 30.5 Å². The lowest BCUT2D eigenvalue weighted by atomic mass is 10.1. The van der Waals surface area contributed by atoms with Crippen molar-refractivity contribution in [1.29, 1.82) is 0 Å². The molecule has 0 aliphatic rings. The maximum absolute atomic E-state index is 12.2. The summed E-state index contributed by atoms with van der Waals surface area (Å²) in [5, 5.41) is 5.18. The second kappa shape index (κ2) is 7.29. The van der Waals surface area contributed by atoms with E-state index in [-0.39, 0.29) is 11.9 Å². The quantitative estimate of drug-likeness (QED) is 0.638. The number of aromatic nitrogens is 1. The lowest BCUT2D eigenvalue weighted by Gasteiger charge is -2.15. The van der Waals surface area contributed by atoms with Crippen LogP contribution in [0.25, 0.3) is 10.9 Å². The predicted molar refractivity (Wildman–Crippen MR) is 99.6 cm³/mol. The highest BCUT2D eigenvalue weighted by Crippen LogP contribution is 2.25. The molecule has 3 rings (SSSR count). The maximum atomic E-state index is 12.2. The van der Waals surface area contributed by atoms with Crippen molar-refractivity contribution in [3.8, 4) is 0 Å². The summed E-state index contributed by atoms with van der Waals surface area (Å²) in [5.74, 6) is 0.0128. The minimum Gasteiger partial charge on any atom is -0.361 e. The van der Waals surface area contributed by atoms with Crippen molar-refractivity contribution >= 4 is 40.0 Å². The molecular formula is C19H18Cl2N2O. The van der Waals surface area contributed by atoms with Gasteiger partial charge in [-0.25, -0.2) is 0 Å². The van der Waals surface area contributed by atoms with E-state index in [4.69, 9.17) is 23.2 Å². The average Bonchev–Trinajstić information content (AvgIpc) is 2.98. The molecule has 0 aliphatic carbocycles. The number of halogens is 2. The zero-order valence-corrected chi connectivity index (χ0v) is 14.8. The van der Waals surface area contributed by atoms with Crippen molar-refractivity contribution in [3.05, 3.63) is 69.8 Å².